The Kier molecular flexibility index (Phi) is 7.25. The van der Waals surface area contributed by atoms with Gasteiger partial charge in [0, 0.05) is 12.6 Å². The van der Waals surface area contributed by atoms with Gasteiger partial charge in [-0.15, -0.1) is 0 Å². The molecule has 0 saturated carbocycles. The van der Waals surface area contributed by atoms with E-state index in [-0.39, 0.29) is 18.6 Å². The van der Waals surface area contributed by atoms with E-state index in [1.807, 2.05) is 13.8 Å². The van der Waals surface area contributed by atoms with E-state index in [9.17, 15) is 24.0 Å². The van der Waals surface area contributed by atoms with E-state index in [4.69, 9.17) is 14.2 Å². The van der Waals surface area contributed by atoms with Gasteiger partial charge in [0.2, 0.25) is 0 Å². The molecule has 0 spiro atoms. The summed E-state index contributed by atoms with van der Waals surface area (Å²) in [6, 6.07) is 13.6. The Morgan fingerprint density at radius 3 is 2.17 bits per heavy atom. The van der Waals surface area contributed by atoms with Crippen molar-refractivity contribution in [3.63, 3.8) is 0 Å². The second-order valence-electron chi connectivity index (χ2n) is 8.51. The summed E-state index contributed by atoms with van der Waals surface area (Å²) >= 11 is 0. The van der Waals surface area contributed by atoms with Crippen molar-refractivity contribution >= 4 is 18.2 Å². The molecule has 0 amide bonds. The Morgan fingerprint density at radius 1 is 1.00 bits per heavy atom. The van der Waals surface area contributed by atoms with E-state index >= 15 is 0 Å². The SMILES string of the molecule is Cc1ccc(C(=O)OC[C@@H]2O[C@@H](n3cc(C=O)c(=O)[nH]c3=O)C[C@@H]2OC(=O)c2ccc(C)cc2)cc1. The van der Waals surface area contributed by atoms with Crippen LogP contribution < -0.4 is 11.2 Å². The van der Waals surface area contributed by atoms with Gasteiger partial charge in [0.05, 0.1) is 16.7 Å². The van der Waals surface area contributed by atoms with Gasteiger partial charge in [-0.05, 0) is 38.1 Å². The number of benzene rings is 2. The van der Waals surface area contributed by atoms with E-state index in [1.165, 1.54) is 0 Å². The number of carbonyl (C=O) groups is 3. The quantitative estimate of drug-likeness (QED) is 0.392. The molecule has 3 atom stereocenters. The van der Waals surface area contributed by atoms with Crippen molar-refractivity contribution < 1.29 is 28.6 Å². The highest BCUT2D eigenvalue weighted by Crippen LogP contribution is 2.31. The third kappa shape index (κ3) is 5.49. The summed E-state index contributed by atoms with van der Waals surface area (Å²) < 4.78 is 18.0. The van der Waals surface area contributed by atoms with Gasteiger partial charge in [-0.25, -0.2) is 14.4 Å². The van der Waals surface area contributed by atoms with Crippen LogP contribution in [0.1, 0.15) is 54.8 Å². The molecule has 0 bridgehead atoms. The van der Waals surface area contributed by atoms with Gasteiger partial charge in [0.25, 0.3) is 5.56 Å². The minimum atomic E-state index is -0.980. The molecule has 0 unspecified atom stereocenters. The number of ether oxygens (including phenoxy) is 3. The number of aldehydes is 1. The molecule has 186 valence electrons. The smallest absolute Gasteiger partial charge is 0.338 e. The third-order valence-electron chi connectivity index (χ3n) is 5.82. The van der Waals surface area contributed by atoms with Crippen LogP contribution in [0.2, 0.25) is 0 Å². The van der Waals surface area contributed by atoms with Crippen LogP contribution in [0.3, 0.4) is 0 Å². The predicted molar refractivity (Wildman–Crippen MR) is 127 cm³/mol. The molecule has 1 aliphatic rings. The second kappa shape index (κ2) is 10.5. The van der Waals surface area contributed by atoms with E-state index < -0.39 is 41.6 Å². The van der Waals surface area contributed by atoms with Crippen molar-refractivity contribution in [2.24, 2.45) is 0 Å². The zero-order valence-corrected chi connectivity index (χ0v) is 19.6. The number of hydrogen-bond donors (Lipinski definition) is 1. The Hall–Kier alpha value is -4.31. The van der Waals surface area contributed by atoms with Gasteiger partial charge in [0.1, 0.15) is 25.0 Å². The van der Waals surface area contributed by atoms with E-state index in [0.717, 1.165) is 21.9 Å². The highest BCUT2D eigenvalue weighted by Gasteiger charge is 2.40. The first-order valence-corrected chi connectivity index (χ1v) is 11.2. The number of hydrogen-bond acceptors (Lipinski definition) is 8. The minimum Gasteiger partial charge on any atom is -0.459 e. The first-order chi connectivity index (χ1) is 17.2. The molecule has 4 rings (SSSR count). The number of carbonyl (C=O) groups excluding carboxylic acids is 3. The van der Waals surface area contributed by atoms with Gasteiger partial charge >= 0.3 is 17.6 Å². The molecule has 1 aliphatic heterocycles. The number of H-pyrrole nitrogens is 1. The Balaban J connectivity index is 1.55. The average Bonchev–Trinajstić information content (AvgIpc) is 3.25. The summed E-state index contributed by atoms with van der Waals surface area (Å²) in [7, 11) is 0. The molecule has 1 aromatic heterocycles. The fourth-order valence-corrected chi connectivity index (χ4v) is 3.77. The molecule has 2 heterocycles. The van der Waals surface area contributed by atoms with Crippen molar-refractivity contribution in [1.82, 2.24) is 9.55 Å². The summed E-state index contributed by atoms with van der Waals surface area (Å²) in [5.41, 5.74) is 0.741. The van der Waals surface area contributed by atoms with Crippen molar-refractivity contribution in [2.75, 3.05) is 6.61 Å². The average molecular weight is 492 g/mol. The highest BCUT2D eigenvalue weighted by molar-refractivity contribution is 5.90. The van der Waals surface area contributed by atoms with Crippen LogP contribution in [0.15, 0.2) is 64.3 Å². The highest BCUT2D eigenvalue weighted by atomic mass is 16.6. The zero-order valence-electron chi connectivity index (χ0n) is 19.6. The number of nitrogens with one attached hydrogen (secondary N) is 1. The summed E-state index contributed by atoms with van der Waals surface area (Å²) in [6.07, 6.45) is -1.34. The summed E-state index contributed by atoms with van der Waals surface area (Å²) in [6.45, 7) is 3.52. The van der Waals surface area contributed by atoms with Gasteiger partial charge in [-0.3, -0.25) is 19.1 Å². The van der Waals surface area contributed by atoms with Gasteiger partial charge in [0.15, 0.2) is 6.29 Å². The normalized spacial score (nSPS) is 19.0. The number of rotatable bonds is 7. The molecule has 1 fully saturated rings. The molecular formula is C26H24N2O8. The topological polar surface area (TPSA) is 134 Å². The van der Waals surface area contributed by atoms with E-state index in [2.05, 4.69) is 4.98 Å². The standard InChI is InChI=1S/C26H24N2O8/c1-15-3-7-17(8-4-15)24(31)34-14-21-20(36-25(32)18-9-5-16(2)6-10-18)11-22(35-21)28-12-19(13-29)23(30)27-26(28)33/h3-10,12-13,20-22H,11,14H2,1-2H3,(H,27,30,33)/t20-,21-,22+/m0/s1. The third-order valence-corrected chi connectivity index (χ3v) is 5.82. The largest absolute Gasteiger partial charge is 0.459 e. The maximum absolute atomic E-state index is 12.8. The van der Waals surface area contributed by atoms with Crippen molar-refractivity contribution in [2.45, 2.75) is 38.7 Å². The van der Waals surface area contributed by atoms with Crippen LogP contribution >= 0.6 is 0 Å². The van der Waals surface area contributed by atoms with Crippen molar-refractivity contribution in [1.29, 1.82) is 0 Å². The van der Waals surface area contributed by atoms with Crippen molar-refractivity contribution in [3.8, 4) is 0 Å². The Bertz CT molecular complexity index is 1390. The van der Waals surface area contributed by atoms with Crippen LogP contribution in [-0.4, -0.2) is 46.6 Å². The van der Waals surface area contributed by atoms with E-state index in [0.29, 0.717) is 17.4 Å². The van der Waals surface area contributed by atoms with E-state index in [1.54, 1.807) is 48.5 Å². The number of aromatic amines is 1. The van der Waals surface area contributed by atoms with Crippen LogP contribution in [0.5, 0.6) is 0 Å². The number of aryl methyl sites for hydroxylation is 2. The number of aromatic nitrogens is 2. The number of esters is 2. The predicted octanol–water partition coefficient (Wildman–Crippen LogP) is 2.34. The van der Waals surface area contributed by atoms with Crippen LogP contribution in [0.4, 0.5) is 0 Å². The fourth-order valence-electron chi connectivity index (χ4n) is 3.77. The maximum Gasteiger partial charge on any atom is 0.338 e. The first kappa shape index (κ1) is 24.8. The summed E-state index contributed by atoms with van der Waals surface area (Å²) in [5, 5.41) is 0. The Labute approximate surface area is 205 Å². The molecule has 10 nitrogen and oxygen atoms in total. The summed E-state index contributed by atoms with van der Waals surface area (Å²) in [5.74, 6) is -1.20. The van der Waals surface area contributed by atoms with Crippen molar-refractivity contribution in [3.05, 3.63) is 103 Å². The monoisotopic (exact) mass is 492 g/mol. The van der Waals surface area contributed by atoms with Gasteiger partial charge in [-0.2, -0.15) is 0 Å². The lowest BCUT2D eigenvalue weighted by Gasteiger charge is -2.19. The van der Waals surface area contributed by atoms with Gasteiger partial charge in [-0.1, -0.05) is 35.4 Å². The Morgan fingerprint density at radius 2 is 1.58 bits per heavy atom. The maximum atomic E-state index is 12.8. The number of nitrogens with zero attached hydrogens (tertiary/aromatic N) is 1. The molecule has 2 aromatic carbocycles. The fraction of sp³-hybridized carbons (Fsp3) is 0.269. The lowest BCUT2D eigenvalue weighted by Crippen LogP contribution is -2.34. The van der Waals surface area contributed by atoms with Crippen LogP contribution in [0, 0.1) is 13.8 Å². The zero-order chi connectivity index (χ0) is 25.8. The molecule has 3 aromatic rings. The lowest BCUT2D eigenvalue weighted by atomic mass is 10.1. The molecule has 36 heavy (non-hydrogen) atoms. The summed E-state index contributed by atoms with van der Waals surface area (Å²) in [4.78, 5) is 62.6. The molecule has 1 saturated heterocycles. The lowest BCUT2D eigenvalue weighted by molar-refractivity contribution is -0.0582. The minimum absolute atomic E-state index is 0.0224. The molecule has 10 heteroatoms. The molecule has 0 aliphatic carbocycles. The second-order valence-corrected chi connectivity index (χ2v) is 8.51. The first-order valence-electron chi connectivity index (χ1n) is 11.2. The van der Waals surface area contributed by atoms with Gasteiger partial charge < -0.3 is 14.2 Å². The molecule has 0 radical (unpaired) electrons. The van der Waals surface area contributed by atoms with Crippen LogP contribution in [-0.2, 0) is 14.2 Å². The molecular weight excluding hydrogens is 468 g/mol. The molecule has 1 N–H and O–H groups in total. The van der Waals surface area contributed by atoms with Crippen LogP contribution in [0.25, 0.3) is 0 Å².